The summed E-state index contributed by atoms with van der Waals surface area (Å²) in [6.45, 7) is -0.366. The molecule has 0 saturated carbocycles. The van der Waals surface area contributed by atoms with Gasteiger partial charge < -0.3 is 9.84 Å². The molecule has 0 bridgehead atoms. The highest BCUT2D eigenvalue weighted by molar-refractivity contribution is 6.33. The molecule has 0 atom stereocenters. The maximum absolute atomic E-state index is 12.6. The van der Waals surface area contributed by atoms with E-state index in [1.807, 2.05) is 0 Å². The number of rotatable bonds is 3. The molecule has 1 aromatic rings. The Morgan fingerprint density at radius 3 is 2.93 bits per heavy atom. The van der Waals surface area contributed by atoms with Crippen LogP contribution >= 0.6 is 11.6 Å². The van der Waals surface area contributed by atoms with Crippen LogP contribution in [0.25, 0.3) is 0 Å². The monoisotopic (exact) mass is 233 g/mol. The number of aliphatic hydroxyl groups excluding tert-OH is 1. The number of aliphatic hydroxyl groups is 1. The first-order valence-corrected chi connectivity index (χ1v) is 4.51. The third-order valence-electron chi connectivity index (χ3n) is 1.49. The van der Waals surface area contributed by atoms with Crippen LogP contribution in [0.1, 0.15) is 0 Å². The lowest BCUT2D eigenvalue weighted by molar-refractivity contribution is 0.131. The molecule has 6 heteroatoms. The Morgan fingerprint density at radius 2 is 2.33 bits per heavy atom. The fourth-order valence-electron chi connectivity index (χ4n) is 0.875. The molecule has 0 radical (unpaired) electrons. The van der Waals surface area contributed by atoms with Gasteiger partial charge in [-0.25, -0.2) is 9.18 Å². The van der Waals surface area contributed by atoms with Crippen molar-refractivity contribution in [3.05, 3.63) is 29.0 Å². The van der Waals surface area contributed by atoms with Gasteiger partial charge in [0, 0.05) is 0 Å². The van der Waals surface area contributed by atoms with Crippen molar-refractivity contribution in [3.8, 4) is 0 Å². The summed E-state index contributed by atoms with van der Waals surface area (Å²) in [5, 5.41) is 10.8. The van der Waals surface area contributed by atoms with Crippen molar-refractivity contribution in [1.82, 2.24) is 0 Å². The van der Waals surface area contributed by atoms with Crippen LogP contribution in [-0.2, 0) is 4.74 Å². The fraction of sp³-hybridized carbons (Fsp3) is 0.222. The lowest BCUT2D eigenvalue weighted by Crippen LogP contribution is -2.16. The summed E-state index contributed by atoms with van der Waals surface area (Å²) in [5.74, 6) is -0.491. The highest BCUT2D eigenvalue weighted by Gasteiger charge is 2.06. The van der Waals surface area contributed by atoms with E-state index in [0.29, 0.717) is 0 Å². The molecule has 0 spiro atoms. The van der Waals surface area contributed by atoms with Gasteiger partial charge in [-0.15, -0.1) is 0 Å². The van der Waals surface area contributed by atoms with Crippen LogP contribution in [0.4, 0.5) is 14.9 Å². The second-order valence-corrected chi connectivity index (χ2v) is 3.02. The largest absolute Gasteiger partial charge is 0.447 e. The first-order chi connectivity index (χ1) is 7.13. The number of carbonyl (C=O) groups is 1. The number of ether oxygens (including phenoxy) is 1. The number of benzene rings is 1. The van der Waals surface area contributed by atoms with Gasteiger partial charge in [0.05, 0.1) is 17.3 Å². The molecule has 82 valence electrons. The lowest BCUT2D eigenvalue weighted by atomic mass is 10.3. The van der Waals surface area contributed by atoms with Gasteiger partial charge in [0.25, 0.3) is 0 Å². The van der Waals surface area contributed by atoms with E-state index >= 15 is 0 Å². The predicted octanol–water partition coefficient (Wildman–Crippen LogP) is 2.02. The number of carbonyl (C=O) groups excluding carboxylic acids is 1. The molecule has 0 fully saturated rings. The SMILES string of the molecule is O=C(Nc1ccc(F)cc1Cl)OCCO. The Morgan fingerprint density at radius 1 is 1.60 bits per heavy atom. The van der Waals surface area contributed by atoms with Crippen molar-refractivity contribution in [2.24, 2.45) is 0 Å². The van der Waals surface area contributed by atoms with Crippen LogP contribution in [0.3, 0.4) is 0 Å². The normalized spacial score (nSPS) is 9.80. The molecule has 0 aliphatic heterocycles. The Labute approximate surface area is 90.6 Å². The molecule has 0 aliphatic carbocycles. The summed E-state index contributed by atoms with van der Waals surface area (Å²) in [6.07, 6.45) is -0.752. The first kappa shape index (κ1) is 11.7. The molecule has 0 unspecified atom stereocenters. The van der Waals surface area contributed by atoms with Gasteiger partial charge in [0.15, 0.2) is 0 Å². The minimum absolute atomic E-state index is 0.0796. The minimum atomic E-state index is -0.752. The third-order valence-corrected chi connectivity index (χ3v) is 1.81. The molecule has 1 rings (SSSR count). The standard InChI is InChI=1S/C9H9ClFNO3/c10-7-5-6(11)1-2-8(7)12-9(14)15-4-3-13/h1-2,5,13H,3-4H2,(H,12,14). The Balaban J connectivity index is 2.60. The molecule has 0 aromatic heterocycles. The number of nitrogens with one attached hydrogen (secondary N) is 1. The van der Waals surface area contributed by atoms with Crippen LogP contribution in [0, 0.1) is 5.82 Å². The summed E-state index contributed by atoms with van der Waals surface area (Å²) in [6, 6.07) is 3.55. The highest BCUT2D eigenvalue weighted by atomic mass is 35.5. The van der Waals surface area contributed by atoms with E-state index in [0.717, 1.165) is 12.1 Å². The van der Waals surface area contributed by atoms with E-state index in [-0.39, 0.29) is 23.9 Å². The number of halogens is 2. The molecule has 15 heavy (non-hydrogen) atoms. The highest BCUT2D eigenvalue weighted by Crippen LogP contribution is 2.22. The summed E-state index contributed by atoms with van der Waals surface area (Å²) >= 11 is 5.65. The smallest absolute Gasteiger partial charge is 0.411 e. The van der Waals surface area contributed by atoms with Crippen LogP contribution in [0.5, 0.6) is 0 Å². The van der Waals surface area contributed by atoms with Crippen molar-refractivity contribution in [2.45, 2.75) is 0 Å². The van der Waals surface area contributed by atoms with E-state index in [2.05, 4.69) is 10.1 Å². The topological polar surface area (TPSA) is 58.6 Å². The quantitative estimate of drug-likeness (QED) is 0.840. The number of hydrogen-bond acceptors (Lipinski definition) is 3. The van der Waals surface area contributed by atoms with E-state index in [1.54, 1.807) is 0 Å². The maximum Gasteiger partial charge on any atom is 0.411 e. The Bertz CT molecular complexity index is 359. The van der Waals surface area contributed by atoms with Crippen molar-refractivity contribution in [2.75, 3.05) is 18.5 Å². The van der Waals surface area contributed by atoms with Crippen LogP contribution < -0.4 is 5.32 Å². The van der Waals surface area contributed by atoms with Crippen LogP contribution in [-0.4, -0.2) is 24.4 Å². The molecule has 1 amide bonds. The molecule has 4 nitrogen and oxygen atoms in total. The average molecular weight is 234 g/mol. The van der Waals surface area contributed by atoms with E-state index in [4.69, 9.17) is 16.7 Å². The summed E-state index contributed by atoms with van der Waals surface area (Å²) < 4.78 is 17.2. The summed E-state index contributed by atoms with van der Waals surface area (Å²) in [4.78, 5) is 11.0. The van der Waals surface area contributed by atoms with Crippen molar-refractivity contribution in [3.63, 3.8) is 0 Å². The lowest BCUT2D eigenvalue weighted by Gasteiger charge is -2.07. The van der Waals surface area contributed by atoms with Gasteiger partial charge in [-0.2, -0.15) is 0 Å². The molecule has 1 aromatic carbocycles. The van der Waals surface area contributed by atoms with Gasteiger partial charge in [0.2, 0.25) is 0 Å². The second kappa shape index (κ2) is 5.53. The molecule has 0 saturated heterocycles. The van der Waals surface area contributed by atoms with Crippen molar-refractivity contribution >= 4 is 23.4 Å². The predicted molar refractivity (Wildman–Crippen MR) is 53.5 cm³/mol. The van der Waals surface area contributed by atoms with Crippen molar-refractivity contribution in [1.29, 1.82) is 0 Å². The molecule has 2 N–H and O–H groups in total. The third kappa shape index (κ3) is 3.73. The summed E-state index contributed by atoms with van der Waals surface area (Å²) in [7, 11) is 0. The fourth-order valence-corrected chi connectivity index (χ4v) is 1.09. The van der Waals surface area contributed by atoms with Crippen LogP contribution in [0.15, 0.2) is 18.2 Å². The Kier molecular flexibility index (Phi) is 4.33. The molecule has 0 aliphatic rings. The zero-order valence-electron chi connectivity index (χ0n) is 7.67. The van der Waals surface area contributed by atoms with Gasteiger partial charge in [0.1, 0.15) is 12.4 Å². The average Bonchev–Trinajstić information content (AvgIpc) is 2.19. The molecular weight excluding hydrogens is 225 g/mol. The molecular formula is C9H9ClFNO3. The Hall–Kier alpha value is -1.33. The minimum Gasteiger partial charge on any atom is -0.447 e. The van der Waals surface area contributed by atoms with Gasteiger partial charge in [-0.05, 0) is 18.2 Å². The van der Waals surface area contributed by atoms with E-state index in [9.17, 15) is 9.18 Å². The number of amides is 1. The maximum atomic E-state index is 12.6. The van der Waals surface area contributed by atoms with Crippen molar-refractivity contribution < 1.29 is 19.0 Å². The van der Waals surface area contributed by atoms with Gasteiger partial charge >= 0.3 is 6.09 Å². The molecule has 0 heterocycles. The van der Waals surface area contributed by atoms with Gasteiger partial charge in [-0.3, -0.25) is 5.32 Å². The number of anilines is 1. The zero-order valence-corrected chi connectivity index (χ0v) is 8.42. The summed E-state index contributed by atoms with van der Waals surface area (Å²) in [5.41, 5.74) is 0.251. The zero-order chi connectivity index (χ0) is 11.3. The second-order valence-electron chi connectivity index (χ2n) is 2.61. The van der Waals surface area contributed by atoms with Crippen LogP contribution in [0.2, 0.25) is 5.02 Å². The van der Waals surface area contributed by atoms with E-state index < -0.39 is 11.9 Å². The first-order valence-electron chi connectivity index (χ1n) is 4.13. The van der Waals surface area contributed by atoms with E-state index in [1.165, 1.54) is 6.07 Å². The van der Waals surface area contributed by atoms with Gasteiger partial charge in [-0.1, -0.05) is 11.6 Å². The number of hydrogen-bond donors (Lipinski definition) is 2.